The van der Waals surface area contributed by atoms with E-state index in [0.717, 1.165) is 12.8 Å². The molecule has 2 fully saturated rings. The van der Waals surface area contributed by atoms with Gasteiger partial charge in [-0.25, -0.2) is 12.8 Å². The number of hydrogen-bond donors (Lipinski definition) is 0. The van der Waals surface area contributed by atoms with Crippen molar-refractivity contribution in [2.75, 3.05) is 26.3 Å². The van der Waals surface area contributed by atoms with Gasteiger partial charge >= 0.3 is 0 Å². The Morgan fingerprint density at radius 3 is 2.68 bits per heavy atom. The molecule has 0 spiro atoms. The first kappa shape index (κ1) is 15.9. The Hall–Kier alpha value is -1.02. The Morgan fingerprint density at radius 2 is 2.00 bits per heavy atom. The van der Waals surface area contributed by atoms with Gasteiger partial charge in [0.1, 0.15) is 5.82 Å². The quantitative estimate of drug-likeness (QED) is 0.850. The maximum atomic E-state index is 13.2. The zero-order valence-electron chi connectivity index (χ0n) is 12.5. The summed E-state index contributed by atoms with van der Waals surface area (Å²) in [6.07, 6.45) is 1.35. The molecular weight excluding hydrogens is 309 g/mol. The van der Waals surface area contributed by atoms with Crippen LogP contribution in [0.1, 0.15) is 18.4 Å². The molecule has 2 aliphatic heterocycles. The van der Waals surface area contributed by atoms with E-state index in [-0.39, 0.29) is 17.1 Å². The Bertz CT molecular complexity index is 643. The van der Waals surface area contributed by atoms with Crippen molar-refractivity contribution in [2.24, 2.45) is 5.92 Å². The van der Waals surface area contributed by atoms with Crippen LogP contribution in [0, 0.1) is 18.7 Å². The average molecular weight is 329 g/mol. The largest absolute Gasteiger partial charge is 0.350 e. The first-order chi connectivity index (χ1) is 10.5. The van der Waals surface area contributed by atoms with E-state index in [1.807, 2.05) is 0 Å². The van der Waals surface area contributed by atoms with Gasteiger partial charge < -0.3 is 9.47 Å². The van der Waals surface area contributed by atoms with Crippen LogP contribution >= 0.6 is 0 Å². The Kier molecular flexibility index (Phi) is 4.49. The summed E-state index contributed by atoms with van der Waals surface area (Å²) in [5, 5.41) is 0. The fourth-order valence-electron chi connectivity index (χ4n) is 3.10. The fourth-order valence-corrected chi connectivity index (χ4v) is 4.85. The summed E-state index contributed by atoms with van der Waals surface area (Å²) in [5.41, 5.74) is 0.426. The van der Waals surface area contributed by atoms with Gasteiger partial charge in [-0.1, -0.05) is 0 Å². The minimum atomic E-state index is -3.62. The molecule has 1 atom stereocenters. The van der Waals surface area contributed by atoms with Crippen molar-refractivity contribution in [3.05, 3.63) is 29.6 Å². The summed E-state index contributed by atoms with van der Waals surface area (Å²) in [7, 11) is -3.62. The van der Waals surface area contributed by atoms with Crippen LogP contribution in [0.4, 0.5) is 4.39 Å². The molecule has 2 heterocycles. The number of nitrogens with zero attached hydrogens (tertiary/aromatic N) is 1. The summed E-state index contributed by atoms with van der Waals surface area (Å²) in [6, 6.07) is 3.77. The number of aryl methyl sites for hydroxylation is 1. The van der Waals surface area contributed by atoms with Gasteiger partial charge in [0.05, 0.1) is 18.1 Å². The maximum Gasteiger partial charge on any atom is 0.243 e. The van der Waals surface area contributed by atoms with Crippen LogP contribution in [0.2, 0.25) is 0 Å². The molecule has 0 unspecified atom stereocenters. The normalized spacial score (nSPS) is 24.7. The number of ether oxygens (including phenoxy) is 2. The van der Waals surface area contributed by atoms with Crippen molar-refractivity contribution in [3.63, 3.8) is 0 Å². The highest BCUT2D eigenvalue weighted by atomic mass is 32.2. The molecule has 22 heavy (non-hydrogen) atoms. The first-order valence-corrected chi connectivity index (χ1v) is 8.92. The lowest BCUT2D eigenvalue weighted by Crippen LogP contribution is -2.43. The number of benzene rings is 1. The van der Waals surface area contributed by atoms with Crippen molar-refractivity contribution >= 4 is 10.0 Å². The molecule has 122 valence electrons. The molecule has 2 saturated heterocycles. The van der Waals surface area contributed by atoms with Crippen molar-refractivity contribution in [2.45, 2.75) is 31.0 Å². The molecule has 0 aliphatic carbocycles. The maximum absolute atomic E-state index is 13.2. The average Bonchev–Trinajstić information content (AvgIpc) is 3.01. The molecule has 1 aromatic carbocycles. The van der Waals surface area contributed by atoms with Gasteiger partial charge in [-0.2, -0.15) is 4.31 Å². The Balaban J connectivity index is 1.82. The zero-order chi connectivity index (χ0) is 15.7. The molecule has 0 radical (unpaired) electrons. The summed E-state index contributed by atoms with van der Waals surface area (Å²) >= 11 is 0. The summed E-state index contributed by atoms with van der Waals surface area (Å²) in [6.45, 7) is 3.59. The second-order valence-corrected chi connectivity index (χ2v) is 7.69. The van der Waals surface area contributed by atoms with Gasteiger partial charge in [0.25, 0.3) is 0 Å². The van der Waals surface area contributed by atoms with Gasteiger partial charge in [0.15, 0.2) is 6.29 Å². The topological polar surface area (TPSA) is 55.8 Å². The van der Waals surface area contributed by atoms with Gasteiger partial charge in [-0.05, 0) is 43.5 Å². The molecule has 1 aromatic rings. The number of rotatable bonds is 3. The van der Waals surface area contributed by atoms with Crippen molar-refractivity contribution in [3.8, 4) is 0 Å². The summed E-state index contributed by atoms with van der Waals surface area (Å²) < 4.78 is 51.3. The van der Waals surface area contributed by atoms with E-state index in [1.165, 1.54) is 22.5 Å². The van der Waals surface area contributed by atoms with Crippen LogP contribution < -0.4 is 0 Å². The van der Waals surface area contributed by atoms with E-state index in [1.54, 1.807) is 6.92 Å². The van der Waals surface area contributed by atoms with Crippen LogP contribution in [0.15, 0.2) is 23.1 Å². The molecule has 2 aliphatic rings. The number of piperidine rings is 1. The first-order valence-electron chi connectivity index (χ1n) is 7.48. The van der Waals surface area contributed by atoms with Crippen molar-refractivity contribution in [1.29, 1.82) is 0 Å². The number of hydrogen-bond acceptors (Lipinski definition) is 4. The van der Waals surface area contributed by atoms with Gasteiger partial charge in [0, 0.05) is 19.0 Å². The third-order valence-electron chi connectivity index (χ3n) is 4.21. The van der Waals surface area contributed by atoms with Gasteiger partial charge in [-0.3, -0.25) is 0 Å². The minimum Gasteiger partial charge on any atom is -0.350 e. The van der Waals surface area contributed by atoms with E-state index in [4.69, 9.17) is 9.47 Å². The van der Waals surface area contributed by atoms with Gasteiger partial charge in [-0.15, -0.1) is 0 Å². The highest BCUT2D eigenvalue weighted by Gasteiger charge is 2.36. The van der Waals surface area contributed by atoms with Gasteiger partial charge in [0.2, 0.25) is 10.0 Å². The lowest BCUT2D eigenvalue weighted by molar-refractivity contribution is -0.0940. The summed E-state index contributed by atoms with van der Waals surface area (Å²) in [5.74, 6) is -0.382. The predicted octanol–water partition coefficient (Wildman–Crippen LogP) is 1.91. The lowest BCUT2D eigenvalue weighted by Gasteiger charge is -2.34. The van der Waals surface area contributed by atoms with Crippen molar-refractivity contribution in [1.82, 2.24) is 4.31 Å². The third-order valence-corrected chi connectivity index (χ3v) is 6.23. The van der Waals surface area contributed by atoms with Crippen LogP contribution in [0.3, 0.4) is 0 Å². The minimum absolute atomic E-state index is 0.0479. The van der Waals surface area contributed by atoms with E-state index >= 15 is 0 Å². The molecule has 5 nitrogen and oxygen atoms in total. The van der Waals surface area contributed by atoms with Crippen LogP contribution in [-0.2, 0) is 19.5 Å². The highest BCUT2D eigenvalue weighted by Crippen LogP contribution is 2.29. The molecule has 0 amide bonds. The summed E-state index contributed by atoms with van der Waals surface area (Å²) in [4.78, 5) is 0.169. The highest BCUT2D eigenvalue weighted by molar-refractivity contribution is 7.89. The fraction of sp³-hybridized carbons (Fsp3) is 0.600. The Morgan fingerprint density at radius 1 is 1.27 bits per heavy atom. The van der Waals surface area contributed by atoms with E-state index < -0.39 is 15.8 Å². The predicted molar refractivity (Wildman–Crippen MR) is 78.3 cm³/mol. The smallest absolute Gasteiger partial charge is 0.243 e. The molecule has 7 heteroatoms. The van der Waals surface area contributed by atoms with Crippen molar-refractivity contribution < 1.29 is 22.3 Å². The monoisotopic (exact) mass is 329 g/mol. The molecule has 0 bridgehead atoms. The Labute approximate surface area is 130 Å². The standard InChI is InChI=1S/C15H20FNO4S/c1-11-9-13(16)4-5-14(11)22(18,19)17-6-2-3-12(10-17)15-20-7-8-21-15/h4-5,9,12,15H,2-3,6-8,10H2,1H3/t12-/m1/s1. The second kappa shape index (κ2) is 6.23. The van der Waals surface area contributed by atoms with E-state index in [0.29, 0.717) is 31.9 Å². The van der Waals surface area contributed by atoms with E-state index in [2.05, 4.69) is 0 Å². The molecule has 0 N–H and O–H groups in total. The number of halogens is 1. The molecular formula is C15H20FNO4S. The SMILES string of the molecule is Cc1cc(F)ccc1S(=O)(=O)N1CCC[C@@H](C2OCCO2)C1. The lowest BCUT2D eigenvalue weighted by atomic mass is 9.99. The third kappa shape index (κ3) is 3.03. The molecule has 0 saturated carbocycles. The van der Waals surface area contributed by atoms with Crippen LogP contribution in [0.5, 0.6) is 0 Å². The molecule has 0 aromatic heterocycles. The van der Waals surface area contributed by atoms with Crippen LogP contribution in [0.25, 0.3) is 0 Å². The van der Waals surface area contributed by atoms with Crippen LogP contribution in [-0.4, -0.2) is 45.3 Å². The number of sulfonamides is 1. The molecule has 3 rings (SSSR count). The second-order valence-electron chi connectivity index (χ2n) is 5.79. The van der Waals surface area contributed by atoms with E-state index in [9.17, 15) is 12.8 Å². The zero-order valence-corrected chi connectivity index (χ0v) is 13.3.